The lowest BCUT2D eigenvalue weighted by atomic mass is 10.1. The predicted octanol–water partition coefficient (Wildman–Crippen LogP) is 7.04. The Morgan fingerprint density at radius 1 is 1.03 bits per heavy atom. The molecule has 0 N–H and O–H groups in total. The highest BCUT2D eigenvalue weighted by Gasteiger charge is 2.26. The standard InChI is InChI=1S/C28H29BrN4O4S/c1-5-36-25-15-22(14-24(29)27(25)37-17-21-11-9-18(2)10-12-21)26(16-32(34)35)38-28-31-30-20(4)33(28)23-8-6-7-19(3)13-23/h6-15,26H,5,16-17H2,1-4H3/t26-/m1/s1. The molecule has 3 aromatic carbocycles. The van der Waals surface area contributed by atoms with Gasteiger partial charge in [0, 0.05) is 10.6 Å². The van der Waals surface area contributed by atoms with E-state index in [0.29, 0.717) is 40.2 Å². The molecule has 0 amide bonds. The van der Waals surface area contributed by atoms with Crippen LogP contribution in [0, 0.1) is 30.9 Å². The van der Waals surface area contributed by atoms with Gasteiger partial charge in [-0.1, -0.05) is 53.7 Å². The quantitative estimate of drug-likeness (QED) is 0.104. The first-order chi connectivity index (χ1) is 18.2. The third kappa shape index (κ3) is 6.73. The topological polar surface area (TPSA) is 92.3 Å². The van der Waals surface area contributed by atoms with Crippen molar-refractivity contribution >= 4 is 27.7 Å². The lowest BCUT2D eigenvalue weighted by Gasteiger charge is -2.19. The molecule has 4 aromatic rings. The van der Waals surface area contributed by atoms with Crippen molar-refractivity contribution in [1.29, 1.82) is 0 Å². The molecule has 0 saturated heterocycles. The molecular weight excluding hydrogens is 568 g/mol. The number of halogens is 1. The monoisotopic (exact) mass is 596 g/mol. The van der Waals surface area contributed by atoms with Crippen molar-refractivity contribution in [3.05, 3.63) is 103 Å². The number of aromatic nitrogens is 3. The summed E-state index contributed by atoms with van der Waals surface area (Å²) in [5, 5.41) is 20.3. The van der Waals surface area contributed by atoms with Gasteiger partial charge >= 0.3 is 0 Å². The summed E-state index contributed by atoms with van der Waals surface area (Å²) in [6, 6.07) is 19.8. The van der Waals surface area contributed by atoms with E-state index in [1.54, 1.807) is 0 Å². The third-order valence-electron chi connectivity index (χ3n) is 5.82. The zero-order chi connectivity index (χ0) is 27.2. The summed E-state index contributed by atoms with van der Waals surface area (Å²) in [6.07, 6.45) is 0. The summed E-state index contributed by atoms with van der Waals surface area (Å²) in [4.78, 5) is 11.4. The fraction of sp³-hybridized carbons (Fsp3) is 0.286. The summed E-state index contributed by atoms with van der Waals surface area (Å²) in [7, 11) is 0. The van der Waals surface area contributed by atoms with Crippen molar-refractivity contribution in [2.75, 3.05) is 13.2 Å². The van der Waals surface area contributed by atoms with E-state index in [1.807, 2.05) is 92.9 Å². The van der Waals surface area contributed by atoms with E-state index in [0.717, 1.165) is 22.4 Å². The van der Waals surface area contributed by atoms with E-state index >= 15 is 0 Å². The maximum atomic E-state index is 11.7. The van der Waals surface area contributed by atoms with Gasteiger partial charge in [0.15, 0.2) is 16.7 Å². The van der Waals surface area contributed by atoms with Crippen LogP contribution in [0.3, 0.4) is 0 Å². The highest BCUT2D eigenvalue weighted by molar-refractivity contribution is 9.10. The second-order valence-electron chi connectivity index (χ2n) is 8.86. The molecule has 1 aromatic heterocycles. The van der Waals surface area contributed by atoms with Gasteiger partial charge in [-0.25, -0.2) is 0 Å². The molecule has 0 aliphatic heterocycles. The Morgan fingerprint density at radius 3 is 2.47 bits per heavy atom. The molecule has 0 spiro atoms. The van der Waals surface area contributed by atoms with Gasteiger partial charge in [-0.05, 0) is 84.6 Å². The number of benzene rings is 3. The van der Waals surface area contributed by atoms with Crippen molar-refractivity contribution in [1.82, 2.24) is 14.8 Å². The molecule has 0 unspecified atom stereocenters. The summed E-state index contributed by atoms with van der Waals surface area (Å²) in [5.41, 5.74) is 4.94. The van der Waals surface area contributed by atoms with Crippen molar-refractivity contribution in [3.8, 4) is 17.2 Å². The Hall–Kier alpha value is -3.37. The molecule has 0 aliphatic carbocycles. The van der Waals surface area contributed by atoms with Crippen LogP contribution < -0.4 is 9.47 Å². The van der Waals surface area contributed by atoms with E-state index in [-0.39, 0.29) is 11.5 Å². The Balaban J connectivity index is 1.67. The number of ether oxygens (including phenoxy) is 2. The van der Waals surface area contributed by atoms with E-state index < -0.39 is 5.25 Å². The van der Waals surface area contributed by atoms with E-state index in [1.165, 1.54) is 17.3 Å². The van der Waals surface area contributed by atoms with Gasteiger partial charge < -0.3 is 9.47 Å². The fourth-order valence-corrected chi connectivity index (χ4v) is 5.70. The average Bonchev–Trinajstić information content (AvgIpc) is 3.23. The van der Waals surface area contributed by atoms with Gasteiger partial charge in [-0.2, -0.15) is 0 Å². The van der Waals surface area contributed by atoms with Gasteiger partial charge in [0.25, 0.3) is 0 Å². The number of hydrogen-bond donors (Lipinski definition) is 0. The number of hydrogen-bond acceptors (Lipinski definition) is 7. The summed E-state index contributed by atoms with van der Waals surface area (Å²) >= 11 is 4.92. The zero-order valence-corrected chi connectivity index (χ0v) is 24.1. The van der Waals surface area contributed by atoms with Gasteiger partial charge in [0.05, 0.1) is 11.1 Å². The highest BCUT2D eigenvalue weighted by atomic mass is 79.9. The summed E-state index contributed by atoms with van der Waals surface area (Å²) in [6.45, 7) is 8.30. The number of nitro groups is 1. The number of nitrogens with zero attached hydrogens (tertiary/aromatic N) is 4. The normalized spacial score (nSPS) is 11.8. The predicted molar refractivity (Wildman–Crippen MR) is 152 cm³/mol. The van der Waals surface area contributed by atoms with E-state index in [2.05, 4.69) is 26.1 Å². The molecule has 0 fully saturated rings. The molecule has 8 nitrogen and oxygen atoms in total. The zero-order valence-electron chi connectivity index (χ0n) is 21.7. The van der Waals surface area contributed by atoms with Crippen molar-refractivity contribution < 1.29 is 14.4 Å². The van der Waals surface area contributed by atoms with Crippen molar-refractivity contribution in [2.24, 2.45) is 0 Å². The Bertz CT molecular complexity index is 1430. The van der Waals surface area contributed by atoms with Crippen LogP contribution >= 0.6 is 27.7 Å². The van der Waals surface area contributed by atoms with Crippen molar-refractivity contribution in [3.63, 3.8) is 0 Å². The molecule has 1 atom stereocenters. The van der Waals surface area contributed by atoms with Crippen LogP contribution in [0.2, 0.25) is 0 Å². The molecule has 1 heterocycles. The smallest absolute Gasteiger partial charge is 0.220 e. The molecule has 198 valence electrons. The minimum atomic E-state index is -0.543. The Labute approximate surface area is 234 Å². The number of rotatable bonds is 11. The fourth-order valence-electron chi connectivity index (χ4n) is 3.97. The lowest BCUT2D eigenvalue weighted by Crippen LogP contribution is -2.12. The first-order valence-electron chi connectivity index (χ1n) is 12.2. The van der Waals surface area contributed by atoms with Crippen LogP contribution in [0.4, 0.5) is 0 Å². The number of aryl methyl sites for hydroxylation is 3. The molecule has 0 bridgehead atoms. The van der Waals surface area contributed by atoms with Crippen LogP contribution in [0.1, 0.15) is 40.3 Å². The molecule has 38 heavy (non-hydrogen) atoms. The molecule has 0 saturated carbocycles. The SMILES string of the molecule is CCOc1cc([C@@H](C[N+](=O)[O-])Sc2nnc(C)n2-c2cccc(C)c2)cc(Br)c1OCc1ccc(C)cc1. The van der Waals surface area contributed by atoms with Crippen LogP contribution in [0.25, 0.3) is 5.69 Å². The minimum Gasteiger partial charge on any atom is -0.490 e. The van der Waals surface area contributed by atoms with Gasteiger partial charge in [0.1, 0.15) is 17.7 Å². The molecule has 0 radical (unpaired) electrons. The lowest BCUT2D eigenvalue weighted by molar-refractivity contribution is -0.479. The highest BCUT2D eigenvalue weighted by Crippen LogP contribution is 2.43. The largest absolute Gasteiger partial charge is 0.490 e. The van der Waals surface area contributed by atoms with E-state index in [4.69, 9.17) is 9.47 Å². The number of thioether (sulfide) groups is 1. The van der Waals surface area contributed by atoms with Gasteiger partial charge in [0.2, 0.25) is 6.54 Å². The van der Waals surface area contributed by atoms with Gasteiger partial charge in [-0.3, -0.25) is 14.7 Å². The summed E-state index contributed by atoms with van der Waals surface area (Å²) in [5.74, 6) is 1.78. The van der Waals surface area contributed by atoms with E-state index in [9.17, 15) is 10.1 Å². The summed E-state index contributed by atoms with van der Waals surface area (Å²) < 4.78 is 14.6. The van der Waals surface area contributed by atoms with Crippen LogP contribution in [-0.2, 0) is 6.61 Å². The molecule has 4 rings (SSSR count). The van der Waals surface area contributed by atoms with Crippen molar-refractivity contribution in [2.45, 2.75) is 44.7 Å². The van der Waals surface area contributed by atoms with Crippen LogP contribution in [0.5, 0.6) is 11.5 Å². The first kappa shape index (κ1) is 27.7. The van der Waals surface area contributed by atoms with Gasteiger partial charge in [-0.15, -0.1) is 10.2 Å². The average molecular weight is 598 g/mol. The molecular formula is C28H29BrN4O4S. The minimum absolute atomic E-state index is 0.300. The Kier molecular flexibility index (Phi) is 9.06. The Morgan fingerprint density at radius 2 is 1.79 bits per heavy atom. The molecule has 0 aliphatic rings. The van der Waals surface area contributed by atoms with Crippen LogP contribution in [-0.4, -0.2) is 32.8 Å². The van der Waals surface area contributed by atoms with Crippen LogP contribution in [0.15, 0.2) is 70.3 Å². The first-order valence-corrected chi connectivity index (χ1v) is 13.8. The maximum Gasteiger partial charge on any atom is 0.220 e. The second kappa shape index (κ2) is 12.4. The second-order valence-corrected chi connectivity index (χ2v) is 10.9. The maximum absolute atomic E-state index is 11.7. The molecule has 10 heteroatoms. The third-order valence-corrected chi connectivity index (χ3v) is 7.59.